The summed E-state index contributed by atoms with van der Waals surface area (Å²) < 4.78 is 2.46. The zero-order valence-electron chi connectivity index (χ0n) is 18.0. The molecule has 0 saturated carbocycles. The van der Waals surface area contributed by atoms with Crippen LogP contribution in [0.1, 0.15) is 46.0 Å². The van der Waals surface area contributed by atoms with E-state index in [1.165, 1.54) is 28.0 Å². The third-order valence-corrected chi connectivity index (χ3v) is 7.23. The summed E-state index contributed by atoms with van der Waals surface area (Å²) in [6.07, 6.45) is 17.4. The molecule has 1 fully saturated rings. The first-order chi connectivity index (χ1) is 14.0. The van der Waals surface area contributed by atoms with Crippen LogP contribution in [0.4, 0.5) is 0 Å². The molecule has 3 aliphatic rings. The summed E-state index contributed by atoms with van der Waals surface area (Å²) in [6, 6.07) is 0. The van der Waals surface area contributed by atoms with Crippen molar-refractivity contribution in [3.05, 3.63) is 70.1 Å². The second-order valence-electron chi connectivity index (χ2n) is 8.08. The Kier molecular flexibility index (Phi) is 7.25. The molecule has 5 heteroatoms. The standard InChI is InChI=1S/C24H34N4S/c1-5-22(16-26-4)29-28-12-11-20-13-23(27-21-9-7-18(3)8-10-21)19(15-25)14-24(20,6-2)17-28/h6-7,9,13,15-16,25-27H,2,5,8,10-12,14,17H2,1,3-4H3/b22-16+,25-15?. The van der Waals surface area contributed by atoms with E-state index < -0.39 is 0 Å². The normalized spacial score (nSPS) is 25.5. The van der Waals surface area contributed by atoms with E-state index in [9.17, 15) is 0 Å². The fraction of sp³-hybridized carbons (Fsp3) is 0.458. The van der Waals surface area contributed by atoms with E-state index in [-0.39, 0.29) is 5.41 Å². The summed E-state index contributed by atoms with van der Waals surface area (Å²) in [5.74, 6) is 0. The fourth-order valence-corrected chi connectivity index (χ4v) is 5.31. The lowest BCUT2D eigenvalue weighted by Crippen LogP contribution is -2.43. The molecule has 0 radical (unpaired) electrons. The van der Waals surface area contributed by atoms with Crippen LogP contribution in [0.15, 0.2) is 70.1 Å². The maximum atomic E-state index is 8.04. The van der Waals surface area contributed by atoms with Crippen molar-refractivity contribution in [3.8, 4) is 0 Å². The molecule has 0 bridgehead atoms. The van der Waals surface area contributed by atoms with Gasteiger partial charge >= 0.3 is 0 Å². The Morgan fingerprint density at radius 2 is 2.17 bits per heavy atom. The van der Waals surface area contributed by atoms with Crippen molar-refractivity contribution in [3.63, 3.8) is 0 Å². The minimum absolute atomic E-state index is 0.0841. The maximum absolute atomic E-state index is 8.04. The molecule has 1 saturated heterocycles. The monoisotopic (exact) mass is 410 g/mol. The number of piperidine rings is 1. The molecule has 4 nitrogen and oxygen atoms in total. The van der Waals surface area contributed by atoms with E-state index in [2.05, 4.69) is 65.9 Å². The predicted octanol–water partition coefficient (Wildman–Crippen LogP) is 5.43. The summed E-state index contributed by atoms with van der Waals surface area (Å²) in [5, 5.41) is 14.8. The van der Waals surface area contributed by atoms with Gasteiger partial charge in [0.1, 0.15) is 0 Å². The Labute approximate surface area is 180 Å². The van der Waals surface area contributed by atoms with Gasteiger partial charge in [-0.25, -0.2) is 4.31 Å². The van der Waals surface area contributed by atoms with Crippen LogP contribution in [0.2, 0.25) is 0 Å². The van der Waals surface area contributed by atoms with Crippen LogP contribution in [0.3, 0.4) is 0 Å². The van der Waals surface area contributed by atoms with Crippen LogP contribution >= 0.6 is 11.9 Å². The van der Waals surface area contributed by atoms with Gasteiger partial charge in [0.05, 0.1) is 0 Å². The summed E-state index contributed by atoms with van der Waals surface area (Å²) >= 11 is 1.85. The van der Waals surface area contributed by atoms with E-state index in [1.54, 1.807) is 0 Å². The molecule has 3 N–H and O–H groups in total. The molecular weight excluding hydrogens is 376 g/mol. The first-order valence-electron chi connectivity index (χ1n) is 10.5. The van der Waals surface area contributed by atoms with Gasteiger partial charge < -0.3 is 16.0 Å². The van der Waals surface area contributed by atoms with Gasteiger partial charge in [-0.05, 0) is 68.7 Å². The molecule has 1 unspecified atom stereocenters. The second kappa shape index (κ2) is 9.68. The van der Waals surface area contributed by atoms with Crippen molar-refractivity contribution in [2.24, 2.45) is 5.41 Å². The van der Waals surface area contributed by atoms with Crippen LogP contribution in [0.25, 0.3) is 0 Å². The van der Waals surface area contributed by atoms with Crippen LogP contribution in [-0.2, 0) is 0 Å². The van der Waals surface area contributed by atoms with Gasteiger partial charge in [0.15, 0.2) is 0 Å². The van der Waals surface area contributed by atoms with Crippen LogP contribution in [0.5, 0.6) is 0 Å². The number of hydrogen-bond donors (Lipinski definition) is 3. The van der Waals surface area contributed by atoms with Gasteiger partial charge in [-0.3, -0.25) is 0 Å². The largest absolute Gasteiger partial charge is 0.393 e. The zero-order chi connectivity index (χ0) is 20.9. The van der Waals surface area contributed by atoms with Crippen molar-refractivity contribution in [2.45, 2.75) is 46.0 Å². The summed E-state index contributed by atoms with van der Waals surface area (Å²) in [5.41, 5.74) is 6.18. The number of hydrogen-bond acceptors (Lipinski definition) is 5. The number of fused-ring (bicyclic) bond motifs is 1. The van der Waals surface area contributed by atoms with Crippen molar-refractivity contribution in [1.29, 1.82) is 5.41 Å². The Bertz CT molecular complexity index is 815. The lowest BCUT2D eigenvalue weighted by molar-refractivity contribution is 0.277. The number of nitrogens with zero attached hydrogens (tertiary/aromatic N) is 1. The lowest BCUT2D eigenvalue weighted by Gasteiger charge is -2.45. The number of rotatable bonds is 8. The van der Waals surface area contributed by atoms with Gasteiger partial charge in [-0.15, -0.1) is 6.58 Å². The van der Waals surface area contributed by atoms with E-state index in [1.807, 2.05) is 19.0 Å². The fourth-order valence-electron chi connectivity index (χ4n) is 4.21. The molecule has 2 aliphatic carbocycles. The second-order valence-corrected chi connectivity index (χ2v) is 9.30. The number of allylic oxidation sites excluding steroid dienone is 7. The van der Waals surface area contributed by atoms with Gasteiger partial charge in [-0.1, -0.05) is 30.2 Å². The third-order valence-electron chi connectivity index (χ3n) is 6.02. The summed E-state index contributed by atoms with van der Waals surface area (Å²) in [6.45, 7) is 10.5. The molecule has 0 spiro atoms. The lowest BCUT2D eigenvalue weighted by atomic mass is 9.68. The minimum atomic E-state index is -0.0841. The third kappa shape index (κ3) is 4.96. The Hall–Kier alpha value is -1.98. The molecule has 1 atom stereocenters. The smallest absolute Gasteiger partial charge is 0.0429 e. The molecule has 156 valence electrons. The highest BCUT2D eigenvalue weighted by molar-refractivity contribution is 8.00. The van der Waals surface area contributed by atoms with E-state index in [4.69, 9.17) is 5.41 Å². The molecular formula is C24H34N4S. The highest BCUT2D eigenvalue weighted by Crippen LogP contribution is 2.47. The summed E-state index contributed by atoms with van der Waals surface area (Å²) in [4.78, 5) is 1.34. The Balaban J connectivity index is 1.80. The highest BCUT2D eigenvalue weighted by atomic mass is 32.2. The van der Waals surface area contributed by atoms with Gasteiger partial charge in [-0.2, -0.15) is 0 Å². The van der Waals surface area contributed by atoms with Crippen molar-refractivity contribution in [1.82, 2.24) is 14.9 Å². The van der Waals surface area contributed by atoms with Crippen LogP contribution in [-0.4, -0.2) is 30.7 Å². The first-order valence-corrected chi connectivity index (χ1v) is 11.3. The molecule has 0 aromatic carbocycles. The molecule has 0 aromatic heterocycles. The Morgan fingerprint density at radius 1 is 1.34 bits per heavy atom. The zero-order valence-corrected chi connectivity index (χ0v) is 18.8. The average molecular weight is 411 g/mol. The van der Waals surface area contributed by atoms with E-state index >= 15 is 0 Å². The molecule has 1 aliphatic heterocycles. The predicted molar refractivity (Wildman–Crippen MR) is 127 cm³/mol. The van der Waals surface area contributed by atoms with E-state index in [0.29, 0.717) is 0 Å². The quantitative estimate of drug-likeness (QED) is 0.284. The molecule has 0 aromatic rings. The minimum Gasteiger partial charge on any atom is -0.393 e. The SMILES string of the molecule is C=CC12CC(C=N)=C(NC3=CC=C(C)CC3)C=C1CCN(S/C(=C/NC)CC)C2. The van der Waals surface area contributed by atoms with Gasteiger partial charge in [0.2, 0.25) is 0 Å². The van der Waals surface area contributed by atoms with Crippen molar-refractivity contribution >= 4 is 18.2 Å². The van der Waals surface area contributed by atoms with Gasteiger partial charge in [0, 0.05) is 54.3 Å². The molecule has 3 rings (SSSR count). The average Bonchev–Trinajstić information content (AvgIpc) is 2.74. The topological polar surface area (TPSA) is 51.2 Å². The highest BCUT2D eigenvalue weighted by Gasteiger charge is 2.40. The number of nitrogens with one attached hydrogen (secondary N) is 3. The maximum Gasteiger partial charge on any atom is 0.0429 e. The van der Waals surface area contributed by atoms with Crippen molar-refractivity contribution < 1.29 is 0 Å². The van der Waals surface area contributed by atoms with Gasteiger partial charge in [0.25, 0.3) is 0 Å². The first kappa shape index (κ1) is 21.7. The van der Waals surface area contributed by atoms with Crippen LogP contribution < -0.4 is 10.6 Å². The molecule has 29 heavy (non-hydrogen) atoms. The van der Waals surface area contributed by atoms with Crippen molar-refractivity contribution in [2.75, 3.05) is 20.1 Å². The molecule has 0 amide bonds. The van der Waals surface area contributed by atoms with Crippen LogP contribution in [0, 0.1) is 10.8 Å². The Morgan fingerprint density at radius 3 is 2.79 bits per heavy atom. The van der Waals surface area contributed by atoms with E-state index in [0.717, 1.165) is 56.5 Å². The summed E-state index contributed by atoms with van der Waals surface area (Å²) in [7, 11) is 1.95. The molecule has 1 heterocycles.